The van der Waals surface area contributed by atoms with E-state index in [1.54, 1.807) is 24.3 Å². The zero-order valence-electron chi connectivity index (χ0n) is 34.3. The van der Waals surface area contributed by atoms with Crippen LogP contribution in [-0.4, -0.2) is 83.0 Å². The van der Waals surface area contributed by atoms with Gasteiger partial charge in [-0.2, -0.15) is 26.3 Å². The molecular formula is C44H38Cl2F6N4O8. The first-order valence-corrected chi connectivity index (χ1v) is 20.7. The molecule has 338 valence electrons. The number of hydrogen-bond donors (Lipinski definition) is 4. The molecule has 20 heteroatoms. The number of methoxy groups -OCH3 is 2. The minimum atomic E-state index is -5.02. The Bertz CT molecular complexity index is 2640. The number of alkyl halides is 8. The summed E-state index contributed by atoms with van der Waals surface area (Å²) in [6, 6.07) is 5.74. The molecule has 3 aromatic carbocycles. The van der Waals surface area contributed by atoms with E-state index in [0.29, 0.717) is 24.0 Å². The molecule has 0 unspecified atom stereocenters. The minimum Gasteiger partial charge on any atom is -0.506 e. The fourth-order valence-corrected chi connectivity index (χ4v) is 9.42. The van der Waals surface area contributed by atoms with Gasteiger partial charge in [0.15, 0.2) is 0 Å². The van der Waals surface area contributed by atoms with E-state index in [9.17, 15) is 55.7 Å². The zero-order valence-corrected chi connectivity index (χ0v) is 35.8. The Kier molecular flexibility index (Phi) is 12.3. The molecule has 2 amide bonds. The molecule has 0 radical (unpaired) electrons. The SMILES string of the molecule is CCc1c(/C=C/C(=O)N2C[C@@H](CCl)c3c2cc(O)c2[nH]c(C(F)(F)F)c(C(=O)OC)c32)ccc(/C=C/C(=O)N2C[C@@H](CCl)c3c2cc(O)c2[nH]c(C(F)(F)F)c(C(=O)OC)c32)c1CC. The lowest BCUT2D eigenvalue weighted by atomic mass is 9.92. The summed E-state index contributed by atoms with van der Waals surface area (Å²) in [6.07, 6.45) is -3.40. The van der Waals surface area contributed by atoms with Gasteiger partial charge in [-0.05, 0) is 58.4 Å². The average molecular weight is 936 g/mol. The van der Waals surface area contributed by atoms with Crippen molar-refractivity contribution in [3.8, 4) is 11.5 Å². The lowest BCUT2D eigenvalue weighted by Crippen LogP contribution is -2.28. The summed E-state index contributed by atoms with van der Waals surface area (Å²) in [6.45, 7) is 3.63. The molecule has 12 nitrogen and oxygen atoms in total. The van der Waals surface area contributed by atoms with Crippen LogP contribution >= 0.6 is 23.2 Å². The molecule has 7 rings (SSSR count). The van der Waals surface area contributed by atoms with Gasteiger partial charge in [0, 0.05) is 71.7 Å². The van der Waals surface area contributed by atoms with Gasteiger partial charge in [0.2, 0.25) is 0 Å². The summed E-state index contributed by atoms with van der Waals surface area (Å²) in [4.78, 5) is 60.0. The highest BCUT2D eigenvalue weighted by Crippen LogP contribution is 2.51. The van der Waals surface area contributed by atoms with E-state index in [1.165, 1.54) is 22.0 Å². The van der Waals surface area contributed by atoms with Crippen LogP contribution in [0.5, 0.6) is 11.5 Å². The maximum Gasteiger partial charge on any atom is 0.432 e. The van der Waals surface area contributed by atoms with E-state index in [2.05, 4.69) is 19.4 Å². The molecule has 4 heterocycles. The van der Waals surface area contributed by atoms with Gasteiger partial charge in [-0.25, -0.2) is 9.59 Å². The zero-order chi connectivity index (χ0) is 46.7. The number of carbonyl (C=O) groups is 4. The Balaban J connectivity index is 1.20. The summed E-state index contributed by atoms with van der Waals surface area (Å²) in [5.41, 5.74) is -1.86. The molecule has 0 saturated carbocycles. The molecule has 0 fully saturated rings. The molecule has 0 aliphatic carbocycles. The van der Waals surface area contributed by atoms with Crippen LogP contribution in [-0.2, 0) is 44.3 Å². The van der Waals surface area contributed by atoms with Crippen LogP contribution in [0.2, 0.25) is 0 Å². The first kappa shape index (κ1) is 45.9. The van der Waals surface area contributed by atoms with Crippen molar-refractivity contribution in [3.63, 3.8) is 0 Å². The fourth-order valence-electron chi connectivity index (χ4n) is 8.92. The Labute approximate surface area is 370 Å². The lowest BCUT2D eigenvalue weighted by molar-refractivity contribution is -0.141. The van der Waals surface area contributed by atoms with Gasteiger partial charge in [0.25, 0.3) is 11.8 Å². The number of nitrogens with one attached hydrogen (secondary N) is 2. The Hall–Kier alpha value is -6.14. The number of ether oxygens (including phenoxy) is 2. The predicted molar refractivity (Wildman–Crippen MR) is 228 cm³/mol. The number of aromatic amines is 2. The third kappa shape index (κ3) is 7.59. The van der Waals surface area contributed by atoms with Crippen molar-refractivity contribution < 1.29 is 65.2 Å². The molecule has 2 aliphatic rings. The molecule has 2 atom stereocenters. The lowest BCUT2D eigenvalue weighted by Gasteiger charge is -2.17. The number of anilines is 2. The quantitative estimate of drug-likeness (QED) is 0.0466. The number of benzene rings is 3. The van der Waals surface area contributed by atoms with E-state index < -0.39 is 82.0 Å². The monoisotopic (exact) mass is 934 g/mol. The van der Waals surface area contributed by atoms with Crippen LogP contribution in [0, 0.1) is 0 Å². The summed E-state index contributed by atoms with van der Waals surface area (Å²) < 4.78 is 94.0. The number of phenols is 2. The van der Waals surface area contributed by atoms with Crippen LogP contribution in [0.3, 0.4) is 0 Å². The third-order valence-electron chi connectivity index (χ3n) is 11.6. The smallest absolute Gasteiger partial charge is 0.432 e. The van der Waals surface area contributed by atoms with Gasteiger partial charge >= 0.3 is 24.3 Å². The number of rotatable bonds is 10. The van der Waals surface area contributed by atoms with Gasteiger partial charge in [-0.15, -0.1) is 23.2 Å². The number of carbonyl (C=O) groups excluding carboxylic acids is 4. The first-order chi connectivity index (χ1) is 30.2. The number of aromatic nitrogens is 2. The summed E-state index contributed by atoms with van der Waals surface area (Å²) >= 11 is 12.6. The van der Waals surface area contributed by atoms with Crippen LogP contribution in [0.25, 0.3) is 34.0 Å². The van der Waals surface area contributed by atoms with Crippen molar-refractivity contribution in [2.75, 3.05) is 48.9 Å². The number of phenolic OH excluding ortho intramolecular Hbond substituents is 2. The maximum atomic E-state index is 14.1. The largest absolute Gasteiger partial charge is 0.506 e. The van der Waals surface area contributed by atoms with Crippen LogP contribution in [0.1, 0.15) is 91.2 Å². The van der Waals surface area contributed by atoms with Crippen LogP contribution in [0.15, 0.2) is 36.4 Å². The second-order valence-corrected chi connectivity index (χ2v) is 15.7. The van der Waals surface area contributed by atoms with Crippen molar-refractivity contribution in [3.05, 3.63) is 92.3 Å². The highest BCUT2D eigenvalue weighted by molar-refractivity contribution is 6.21. The molecule has 2 aromatic heterocycles. The molecule has 0 saturated heterocycles. The van der Waals surface area contributed by atoms with Crippen molar-refractivity contribution in [2.24, 2.45) is 0 Å². The Morgan fingerprint density at radius 2 is 1.06 bits per heavy atom. The van der Waals surface area contributed by atoms with E-state index in [1.807, 2.05) is 13.8 Å². The highest BCUT2D eigenvalue weighted by Gasteiger charge is 2.45. The highest BCUT2D eigenvalue weighted by atomic mass is 35.5. The van der Waals surface area contributed by atoms with Gasteiger partial charge in [0.1, 0.15) is 22.9 Å². The van der Waals surface area contributed by atoms with E-state index in [0.717, 1.165) is 37.5 Å². The van der Waals surface area contributed by atoms with E-state index >= 15 is 0 Å². The number of H-pyrrole nitrogens is 2. The standard InChI is InChI=1S/C44H38Cl2F6N4O8/c1-5-23-19(9-11-29(59)55-17-21(15-45)31-25(55)13-27(57)37-33(31)35(41(61)63-3)39(53-37)43(47,48)49)7-8-20(24(23)6-2)10-12-30(60)56-18-22(16-46)32-26(56)14-28(58)38-34(32)36(42(62)64-4)40(54-38)44(50,51)52/h7-14,21-22,53-54,57-58H,5-6,15-18H2,1-4H3/b11-9+,12-10+/t21-,22-/m1/s1. The number of nitrogens with zero attached hydrogens (tertiary/aromatic N) is 2. The molecular weight excluding hydrogens is 897 g/mol. The van der Waals surface area contributed by atoms with Crippen molar-refractivity contribution in [1.82, 2.24) is 9.97 Å². The Morgan fingerprint density at radius 1 is 0.703 bits per heavy atom. The molecule has 4 N–H and O–H groups in total. The first-order valence-electron chi connectivity index (χ1n) is 19.7. The van der Waals surface area contributed by atoms with Gasteiger partial charge in [0.05, 0.1) is 47.8 Å². The number of hydrogen-bond acceptors (Lipinski definition) is 8. The van der Waals surface area contributed by atoms with Crippen molar-refractivity contribution in [2.45, 2.75) is 50.9 Å². The summed E-state index contributed by atoms with van der Waals surface area (Å²) in [5, 5.41) is 21.3. The molecule has 64 heavy (non-hydrogen) atoms. The van der Waals surface area contributed by atoms with Gasteiger partial charge in [-0.1, -0.05) is 26.0 Å². The van der Waals surface area contributed by atoms with Gasteiger partial charge < -0.3 is 39.5 Å². The topological polar surface area (TPSA) is 165 Å². The van der Waals surface area contributed by atoms with E-state index in [4.69, 9.17) is 23.2 Å². The molecule has 0 spiro atoms. The number of halogens is 8. The van der Waals surface area contributed by atoms with Gasteiger partial charge in [-0.3, -0.25) is 9.59 Å². The van der Waals surface area contributed by atoms with Crippen LogP contribution < -0.4 is 9.80 Å². The van der Waals surface area contributed by atoms with Crippen molar-refractivity contribution >= 4 is 92.3 Å². The summed E-state index contributed by atoms with van der Waals surface area (Å²) in [7, 11) is 1.85. The average Bonchev–Trinajstić information content (AvgIpc) is 4.04. The summed E-state index contributed by atoms with van der Waals surface area (Å²) in [5.74, 6) is -6.77. The maximum absolute atomic E-state index is 14.1. The van der Waals surface area contributed by atoms with E-state index in [-0.39, 0.29) is 69.2 Å². The third-order valence-corrected chi connectivity index (χ3v) is 12.4. The number of aromatic hydroxyl groups is 2. The fraction of sp³-hybridized carbons (Fsp3) is 0.318. The predicted octanol–water partition coefficient (Wildman–Crippen LogP) is 9.56. The second-order valence-electron chi connectivity index (χ2n) is 15.1. The number of amides is 2. The second kappa shape index (κ2) is 17.1. The Morgan fingerprint density at radius 3 is 1.36 bits per heavy atom. The molecule has 5 aromatic rings. The van der Waals surface area contributed by atoms with Crippen molar-refractivity contribution in [1.29, 1.82) is 0 Å². The number of esters is 2. The normalized spacial score (nSPS) is 16.4. The van der Waals surface area contributed by atoms with Crippen LogP contribution in [0.4, 0.5) is 37.7 Å². The minimum absolute atomic E-state index is 0.0685. The molecule has 2 aliphatic heterocycles. The number of fused-ring (bicyclic) bond motifs is 6. The molecule has 0 bridgehead atoms.